The Labute approximate surface area is 528 Å². The molecule has 21 unspecified atom stereocenters. The van der Waals surface area contributed by atoms with E-state index in [1.807, 2.05) is 27.2 Å². The molecule has 12 N–H and O–H groups in total. The number of nitrogens with zero attached hydrogens (tertiary/aromatic N) is 12. The van der Waals surface area contributed by atoms with E-state index >= 15 is 0 Å². The van der Waals surface area contributed by atoms with Gasteiger partial charge in [0.2, 0.25) is 11.8 Å². The normalized spacial score (nSPS) is 42.5. The van der Waals surface area contributed by atoms with Gasteiger partial charge in [-0.15, -0.1) is 0 Å². The fourth-order valence-corrected chi connectivity index (χ4v) is 12.4. The molecule has 6 aliphatic rings. The molecule has 0 aromatic rings. The number of hydrogen-bond donors (Lipinski definition) is 12. The van der Waals surface area contributed by atoms with Crippen molar-refractivity contribution in [3.63, 3.8) is 0 Å². The lowest BCUT2D eigenvalue weighted by Crippen LogP contribution is -2.66. The fourth-order valence-electron chi connectivity index (χ4n) is 9.73. The van der Waals surface area contributed by atoms with E-state index < -0.39 is 152 Å². The predicted octanol–water partition coefficient (Wildman–Crippen LogP) is 4.30. The summed E-state index contributed by atoms with van der Waals surface area (Å²) in [5.41, 5.74) is 33.6. The number of amides is 2. The van der Waals surface area contributed by atoms with Gasteiger partial charge in [0, 0.05) is 68.8 Å². The van der Waals surface area contributed by atoms with Crippen LogP contribution in [0.3, 0.4) is 0 Å². The minimum atomic E-state index is -1.43. The summed E-state index contributed by atoms with van der Waals surface area (Å²) in [6, 6.07) is -4.53. The predicted molar refractivity (Wildman–Crippen MR) is 338 cm³/mol. The summed E-state index contributed by atoms with van der Waals surface area (Å²) in [4.78, 5) is 32.6. The molecule has 6 rings (SSSR count). The molecule has 89 heavy (non-hydrogen) atoms. The van der Waals surface area contributed by atoms with E-state index in [9.17, 15) is 40.2 Å². The number of nitrogens with one attached hydrogen (secondary N) is 2. The number of aliphatic hydroxyl groups excluding tert-OH is 10. The highest BCUT2D eigenvalue weighted by molar-refractivity contribution is 8.11. The van der Waals surface area contributed by atoms with Gasteiger partial charge in [-0.05, 0) is 101 Å². The van der Waals surface area contributed by atoms with Crippen LogP contribution >= 0.6 is 50.3 Å². The van der Waals surface area contributed by atoms with Gasteiger partial charge in [0.1, 0.15) is 42.6 Å². The Morgan fingerprint density at radius 1 is 0.382 bits per heavy atom. The standard InChI is InChI=1S/C10H18N2O5.C10H22O2P2.C8H16N6O2P2.C8H18O4P2.C6H10N6O3.C6H12O5/c1-4-7(11-5(2)13)9(15)8(10(16)17-4)12-6(3)14;1-6-7(2)9(4)11-10(8(6)3)12-14(5)13;1-4-6(11-13-9)5(2)15-8(16-18(3)17)7(4)12-14-10;1-4-6(9)5(2)11-8(7(4)10)12-14(3)13;1-2-3(9-11-7)5(13)4(10-12-8)6(14)15-2;1-2-3(7)4(8)5(9)6(10)11-2/h4,7-10,15-16H,1-3H3,(H,11,13)(H,12,14);6-10H,13H2,1-5H3;4-8H,17H2,1-3H3;4-10H,13H2,1-3H3;2-6,13-14H,1H3;2-10H,1H3/t4?,7-,8?,9+,10?;6-,7+,8?,9?,10+,14?;4-,5?,6-,7?,8+,18?;4-,5?,6+,7?,8+,14?;2?,3-,4?,5+,6?;2?,3-,4-,5?,6?/m100010/s1. The van der Waals surface area contributed by atoms with Crippen molar-refractivity contribution in [2.24, 2.45) is 50.0 Å². The smallest absolute Gasteiger partial charge is 0.217 e. The first-order chi connectivity index (χ1) is 41.3. The largest absolute Gasteiger partial charge is 0.392 e. The van der Waals surface area contributed by atoms with Crippen LogP contribution in [0.4, 0.5) is 0 Å². The van der Waals surface area contributed by atoms with E-state index in [4.69, 9.17) is 79.8 Å². The third-order valence-electron chi connectivity index (χ3n) is 15.4. The number of rotatable bonds is 12. The molecule has 0 spiro atoms. The highest BCUT2D eigenvalue weighted by atomic mass is 32.0. The lowest BCUT2D eigenvalue weighted by molar-refractivity contribution is -0.277. The van der Waals surface area contributed by atoms with E-state index in [1.54, 1.807) is 20.8 Å². The molecule has 0 aliphatic carbocycles. The Bertz CT molecular complexity index is 2220. The first kappa shape index (κ1) is 85.0. The van der Waals surface area contributed by atoms with Crippen LogP contribution in [0.1, 0.15) is 90.0 Å². The molecule has 0 aromatic carbocycles. The van der Waals surface area contributed by atoms with Crippen molar-refractivity contribution in [3.8, 4) is 0 Å². The third kappa shape index (κ3) is 27.0. The molecular formula is C48H96N14O21P6. The number of aliphatic hydroxyl groups is 10. The maximum atomic E-state index is 11.0. The Hall–Kier alpha value is -2.00. The Balaban J connectivity index is 0.000000537. The van der Waals surface area contributed by atoms with Gasteiger partial charge in [0.05, 0.1) is 73.0 Å². The fraction of sp³-hybridized carbons (Fsp3) is 0.958. The van der Waals surface area contributed by atoms with E-state index in [0.717, 1.165) is 0 Å². The molecule has 514 valence electrons. The maximum Gasteiger partial charge on any atom is 0.217 e. The van der Waals surface area contributed by atoms with Gasteiger partial charge in [-0.25, -0.2) is 0 Å². The lowest BCUT2D eigenvalue weighted by atomic mass is 9.79. The van der Waals surface area contributed by atoms with Gasteiger partial charge in [-0.2, -0.15) is 0 Å². The Kier molecular flexibility index (Phi) is 39.9. The average molecular weight is 1390 g/mol. The van der Waals surface area contributed by atoms with Crippen LogP contribution in [0.15, 0.2) is 20.5 Å². The highest BCUT2D eigenvalue weighted by Crippen LogP contribution is 2.48. The summed E-state index contributed by atoms with van der Waals surface area (Å²) in [5, 5.41) is 113. The molecule has 6 aliphatic heterocycles. The van der Waals surface area contributed by atoms with Crippen molar-refractivity contribution in [1.82, 2.24) is 10.6 Å². The maximum absolute atomic E-state index is 11.0. The zero-order valence-corrected chi connectivity index (χ0v) is 58.9. The molecule has 0 saturated carbocycles. The van der Waals surface area contributed by atoms with Gasteiger partial charge < -0.3 is 104 Å². The molecule has 6 fully saturated rings. The molecule has 0 radical (unpaired) electrons. The first-order valence-corrected chi connectivity index (χ1v) is 38.2. The third-order valence-corrected chi connectivity index (χ3v) is 18.1. The minimum absolute atomic E-state index is 0.00943. The highest BCUT2D eigenvalue weighted by Gasteiger charge is 2.47. The first-order valence-electron chi connectivity index (χ1n) is 28.3. The molecule has 36 atom stereocenters. The molecule has 6 saturated heterocycles. The second-order valence-electron chi connectivity index (χ2n) is 22.2. The van der Waals surface area contributed by atoms with E-state index in [0.29, 0.717) is 23.9 Å². The van der Waals surface area contributed by atoms with E-state index in [2.05, 4.69) is 117 Å². The molecule has 6 heterocycles. The molecule has 2 amide bonds. The van der Waals surface area contributed by atoms with Gasteiger partial charge in [-0.3, -0.25) is 9.59 Å². The molecular weight excluding hydrogens is 1290 g/mol. The number of azide groups is 4. The van der Waals surface area contributed by atoms with Crippen molar-refractivity contribution in [2.75, 3.05) is 20.0 Å². The zero-order chi connectivity index (χ0) is 68.6. The van der Waals surface area contributed by atoms with Crippen LogP contribution < -0.4 is 10.6 Å². The minimum Gasteiger partial charge on any atom is -0.392 e. The van der Waals surface area contributed by atoms with Crippen molar-refractivity contribution in [2.45, 2.75) is 243 Å². The second kappa shape index (κ2) is 41.7. The van der Waals surface area contributed by atoms with Crippen LogP contribution in [-0.4, -0.2) is 236 Å². The number of carbonyl (C=O) groups excluding carboxylic acids is 2. The number of carbonyl (C=O) groups is 2. The molecule has 0 aromatic heterocycles. The summed E-state index contributed by atoms with van der Waals surface area (Å²) in [6.07, 6.45) is -15.1. The topological polar surface area (TPSA) is 539 Å². The monoisotopic (exact) mass is 1390 g/mol. The average Bonchev–Trinajstić information content (AvgIpc) is 3.39. The van der Waals surface area contributed by atoms with Crippen molar-refractivity contribution in [3.05, 3.63) is 41.8 Å². The molecule has 0 bridgehead atoms. The van der Waals surface area contributed by atoms with Gasteiger partial charge in [0.25, 0.3) is 0 Å². The number of hydrogen-bond acceptors (Lipinski definition) is 25. The van der Waals surface area contributed by atoms with Crippen molar-refractivity contribution in [1.29, 1.82) is 0 Å². The number of ether oxygens (including phenoxy) is 6. The van der Waals surface area contributed by atoms with Gasteiger partial charge in [-0.1, -0.05) is 81.9 Å². The van der Waals surface area contributed by atoms with E-state index in [-0.39, 0.29) is 42.3 Å². The van der Waals surface area contributed by atoms with Crippen LogP contribution in [0.2, 0.25) is 0 Å². The summed E-state index contributed by atoms with van der Waals surface area (Å²) in [5.74, 6) is 0.720. The quantitative estimate of drug-likeness (QED) is 0.0561. The Morgan fingerprint density at radius 3 is 1.29 bits per heavy atom. The zero-order valence-electron chi connectivity index (χ0n) is 52.7. The van der Waals surface area contributed by atoms with Crippen LogP contribution in [0.5, 0.6) is 0 Å². The van der Waals surface area contributed by atoms with Gasteiger partial charge in [0.15, 0.2) is 37.7 Å². The Morgan fingerprint density at radius 2 is 0.787 bits per heavy atom. The summed E-state index contributed by atoms with van der Waals surface area (Å²) >= 11 is 0. The SMILES string of the molecule is CC(=O)NC1C(O)OC(C)[C@@H](NC(C)=O)[C@@H]1O.CC1OC(O)C(N=[N+]=[N-])[C@@H](O)[C@@H]1N=[N+]=[N-].CC1OC(O)C(O)[C@@H](O)[C@H]1O.CC1O[C@H](OP(C)P)C(N=[N+]=[N-])[C@@H](C)[C@@H]1N=[N+]=[N-].CC1O[C@H](OP(C)P)C(O)[C@@H](C)[C@H]1O.CC1[C@@H](OP(C)P)OC(C)[C@H](C)[C@@H]1C. The van der Waals surface area contributed by atoms with Crippen LogP contribution in [0, 0.1) is 29.6 Å². The van der Waals surface area contributed by atoms with Crippen LogP contribution in [-0.2, 0) is 51.6 Å². The van der Waals surface area contributed by atoms with Crippen LogP contribution in [0.25, 0.3) is 41.8 Å². The summed E-state index contributed by atoms with van der Waals surface area (Å²) < 4.78 is 48.5. The summed E-state index contributed by atoms with van der Waals surface area (Å²) in [7, 11) is 6.03. The molecule has 41 heteroatoms. The van der Waals surface area contributed by atoms with Crippen molar-refractivity contribution >= 4 is 62.1 Å². The lowest BCUT2D eigenvalue weighted by Gasteiger charge is -2.42. The van der Waals surface area contributed by atoms with E-state index in [1.165, 1.54) is 27.7 Å². The van der Waals surface area contributed by atoms with Crippen molar-refractivity contribution < 1.29 is 103 Å². The molecule has 35 nitrogen and oxygen atoms in total. The second-order valence-corrected chi connectivity index (χ2v) is 32.7. The van der Waals surface area contributed by atoms with Gasteiger partial charge >= 0.3 is 0 Å². The summed E-state index contributed by atoms with van der Waals surface area (Å²) in [6.45, 7) is 29.4.